The van der Waals surface area contributed by atoms with Crippen molar-refractivity contribution in [3.8, 4) is 22.6 Å². The van der Waals surface area contributed by atoms with E-state index in [-0.39, 0.29) is 22.6 Å². The van der Waals surface area contributed by atoms with Gasteiger partial charge in [-0.3, -0.25) is 10.1 Å². The van der Waals surface area contributed by atoms with Crippen LogP contribution in [0, 0.1) is 10.1 Å². The highest BCUT2D eigenvalue weighted by Gasteiger charge is 2.30. The Morgan fingerprint density at radius 3 is 2.62 bits per heavy atom. The van der Waals surface area contributed by atoms with Crippen molar-refractivity contribution >= 4 is 5.88 Å². The van der Waals surface area contributed by atoms with E-state index in [9.17, 15) is 23.3 Å². The molecular weight excluding hydrogens is 327 g/mol. The van der Waals surface area contributed by atoms with Crippen molar-refractivity contribution < 1.29 is 22.5 Å². The minimum atomic E-state index is -4.49. The molecule has 0 unspecified atom stereocenters. The van der Waals surface area contributed by atoms with Gasteiger partial charge in [0, 0.05) is 11.8 Å². The fourth-order valence-corrected chi connectivity index (χ4v) is 2.15. The summed E-state index contributed by atoms with van der Waals surface area (Å²) in [4.78, 5) is 17.8. The first-order valence-electron chi connectivity index (χ1n) is 6.58. The van der Waals surface area contributed by atoms with Crippen LogP contribution in [0.4, 0.5) is 19.1 Å². The molecule has 24 heavy (non-hydrogen) atoms. The highest BCUT2D eigenvalue weighted by atomic mass is 19.4. The average Bonchev–Trinajstić information content (AvgIpc) is 3.04. The zero-order valence-electron chi connectivity index (χ0n) is 11.8. The maximum absolute atomic E-state index is 12.9. The number of nitro groups is 1. The molecule has 0 saturated carbocycles. The van der Waals surface area contributed by atoms with Crippen molar-refractivity contribution in [1.29, 1.82) is 0 Å². The highest BCUT2D eigenvalue weighted by molar-refractivity contribution is 5.78. The molecule has 9 heteroatoms. The number of benzene rings is 1. The number of hydrogen-bond donors (Lipinski definition) is 0. The van der Waals surface area contributed by atoms with Crippen molar-refractivity contribution in [1.82, 2.24) is 9.97 Å². The lowest BCUT2D eigenvalue weighted by Gasteiger charge is -2.10. The fraction of sp³-hybridized carbons (Fsp3) is 0.0667. The maximum Gasteiger partial charge on any atom is 0.433 e. The van der Waals surface area contributed by atoms with Gasteiger partial charge in [0.05, 0.1) is 11.6 Å². The normalized spacial score (nSPS) is 11.5. The molecule has 0 aliphatic heterocycles. The summed E-state index contributed by atoms with van der Waals surface area (Å²) in [6, 6.07) is 7.11. The van der Waals surface area contributed by atoms with E-state index in [0.29, 0.717) is 0 Å². The Morgan fingerprint density at radius 1 is 1.17 bits per heavy atom. The van der Waals surface area contributed by atoms with Crippen molar-refractivity contribution in [3.63, 3.8) is 0 Å². The van der Waals surface area contributed by atoms with E-state index in [1.165, 1.54) is 30.7 Å². The number of hydrogen-bond acceptors (Lipinski definition) is 5. The number of halogens is 3. The van der Waals surface area contributed by atoms with Crippen LogP contribution in [0.3, 0.4) is 0 Å². The van der Waals surface area contributed by atoms with Crippen LogP contribution in [0.25, 0.3) is 22.6 Å². The van der Waals surface area contributed by atoms with E-state index in [0.717, 1.165) is 18.2 Å². The summed E-state index contributed by atoms with van der Waals surface area (Å²) in [6.45, 7) is 0. The van der Waals surface area contributed by atoms with Crippen LogP contribution in [-0.2, 0) is 6.18 Å². The molecule has 0 fully saturated rings. The Hall–Kier alpha value is -3.23. The first kappa shape index (κ1) is 15.7. The van der Waals surface area contributed by atoms with Gasteiger partial charge in [-0.1, -0.05) is 12.1 Å². The molecule has 0 bridgehead atoms. The van der Waals surface area contributed by atoms with Crippen LogP contribution in [0.15, 0.2) is 53.3 Å². The standard InChI is InChI=1S/C15H8F3N3O3/c16-15(17,18)10-3-1-2-9(6-10)11-7-19-8-20-14(11)12-4-5-13(24-12)21(22)23/h1-8H. The molecule has 0 atom stereocenters. The first-order valence-corrected chi connectivity index (χ1v) is 6.58. The van der Waals surface area contributed by atoms with Crippen molar-refractivity contribution in [2.75, 3.05) is 0 Å². The monoisotopic (exact) mass is 335 g/mol. The Labute approximate surface area is 132 Å². The summed E-state index contributed by atoms with van der Waals surface area (Å²) < 4.78 is 43.7. The van der Waals surface area contributed by atoms with Gasteiger partial charge < -0.3 is 4.42 Å². The van der Waals surface area contributed by atoms with Gasteiger partial charge in [-0.15, -0.1) is 0 Å². The summed E-state index contributed by atoms with van der Waals surface area (Å²) in [5.74, 6) is -0.421. The van der Waals surface area contributed by atoms with Gasteiger partial charge in [0.15, 0.2) is 5.76 Å². The molecule has 2 heterocycles. The van der Waals surface area contributed by atoms with E-state index < -0.39 is 22.5 Å². The van der Waals surface area contributed by atoms with Gasteiger partial charge in [0.1, 0.15) is 16.9 Å². The molecule has 6 nitrogen and oxygen atoms in total. The van der Waals surface area contributed by atoms with Crippen LogP contribution in [0.1, 0.15) is 5.56 Å². The lowest BCUT2D eigenvalue weighted by molar-refractivity contribution is -0.401. The number of furan rings is 1. The second-order valence-electron chi connectivity index (χ2n) is 4.76. The quantitative estimate of drug-likeness (QED) is 0.525. The second kappa shape index (κ2) is 5.76. The Balaban J connectivity index is 2.11. The van der Waals surface area contributed by atoms with E-state index in [1.807, 2.05) is 0 Å². The van der Waals surface area contributed by atoms with Crippen molar-refractivity contribution in [2.24, 2.45) is 0 Å². The van der Waals surface area contributed by atoms with E-state index >= 15 is 0 Å². The lowest BCUT2D eigenvalue weighted by Crippen LogP contribution is -2.04. The molecule has 1 aromatic carbocycles. The number of aromatic nitrogens is 2. The highest BCUT2D eigenvalue weighted by Crippen LogP contribution is 2.35. The first-order chi connectivity index (χ1) is 11.4. The van der Waals surface area contributed by atoms with E-state index in [2.05, 4.69) is 9.97 Å². The molecule has 0 amide bonds. The summed E-state index contributed by atoms with van der Waals surface area (Å²) in [6.07, 6.45) is -1.98. The average molecular weight is 335 g/mol. The van der Waals surface area contributed by atoms with Gasteiger partial charge in [0.25, 0.3) is 0 Å². The minimum absolute atomic E-state index is 0.0662. The van der Waals surface area contributed by atoms with Crippen molar-refractivity contribution in [2.45, 2.75) is 6.18 Å². The Kier molecular flexibility index (Phi) is 3.76. The largest absolute Gasteiger partial charge is 0.433 e. The summed E-state index contributed by atoms with van der Waals surface area (Å²) in [7, 11) is 0. The molecule has 0 spiro atoms. The number of rotatable bonds is 3. The van der Waals surface area contributed by atoms with Crippen LogP contribution >= 0.6 is 0 Å². The minimum Gasteiger partial charge on any atom is -0.399 e. The van der Waals surface area contributed by atoms with Gasteiger partial charge in [-0.25, -0.2) is 9.97 Å². The lowest BCUT2D eigenvalue weighted by atomic mass is 10.0. The third-order valence-corrected chi connectivity index (χ3v) is 3.22. The zero-order valence-corrected chi connectivity index (χ0v) is 11.8. The van der Waals surface area contributed by atoms with Gasteiger partial charge >= 0.3 is 12.1 Å². The molecule has 122 valence electrons. The number of alkyl halides is 3. The van der Waals surface area contributed by atoms with Crippen LogP contribution in [0.2, 0.25) is 0 Å². The third kappa shape index (κ3) is 2.96. The molecule has 0 aliphatic carbocycles. The summed E-state index contributed by atoms with van der Waals surface area (Å²) in [5.41, 5.74) is -0.162. The smallest absolute Gasteiger partial charge is 0.399 e. The zero-order chi connectivity index (χ0) is 17.3. The summed E-state index contributed by atoms with van der Waals surface area (Å²) >= 11 is 0. The third-order valence-electron chi connectivity index (χ3n) is 3.22. The SMILES string of the molecule is O=[N+]([O-])c1ccc(-c2ncncc2-c2cccc(C(F)(F)F)c2)o1. The summed E-state index contributed by atoms with van der Waals surface area (Å²) in [5, 5.41) is 10.7. The molecule has 2 aromatic heterocycles. The van der Waals surface area contributed by atoms with E-state index in [1.54, 1.807) is 0 Å². The molecule has 0 radical (unpaired) electrons. The molecule has 3 rings (SSSR count). The van der Waals surface area contributed by atoms with Gasteiger partial charge in [-0.2, -0.15) is 13.2 Å². The Morgan fingerprint density at radius 2 is 1.96 bits per heavy atom. The predicted octanol–water partition coefficient (Wildman–Crippen LogP) is 4.33. The topological polar surface area (TPSA) is 82.1 Å². The van der Waals surface area contributed by atoms with E-state index in [4.69, 9.17) is 4.42 Å². The fourth-order valence-electron chi connectivity index (χ4n) is 2.15. The second-order valence-corrected chi connectivity index (χ2v) is 4.76. The van der Waals surface area contributed by atoms with Gasteiger partial charge in [-0.05, 0) is 23.8 Å². The maximum atomic E-state index is 12.9. The molecule has 3 aromatic rings. The molecule has 0 aliphatic rings. The van der Waals surface area contributed by atoms with Crippen LogP contribution < -0.4 is 0 Å². The predicted molar refractivity (Wildman–Crippen MR) is 76.8 cm³/mol. The van der Waals surface area contributed by atoms with Crippen LogP contribution in [0.5, 0.6) is 0 Å². The Bertz CT molecular complexity index is 906. The molecule has 0 N–H and O–H groups in total. The van der Waals surface area contributed by atoms with Crippen molar-refractivity contribution in [3.05, 3.63) is 64.6 Å². The van der Waals surface area contributed by atoms with Gasteiger partial charge in [0.2, 0.25) is 0 Å². The number of nitrogens with zero attached hydrogens (tertiary/aromatic N) is 3. The molecular formula is C15H8F3N3O3. The van der Waals surface area contributed by atoms with Crippen LogP contribution in [-0.4, -0.2) is 14.9 Å². The molecule has 0 saturated heterocycles.